The van der Waals surface area contributed by atoms with Crippen molar-refractivity contribution in [1.82, 2.24) is 4.98 Å². The molecule has 1 saturated carbocycles. The van der Waals surface area contributed by atoms with E-state index < -0.39 is 11.6 Å². The fourth-order valence-electron chi connectivity index (χ4n) is 4.77. The average molecular weight is 466 g/mol. The zero-order chi connectivity index (χ0) is 24.1. The Balaban J connectivity index is 1.34. The van der Waals surface area contributed by atoms with E-state index in [1.54, 1.807) is 6.92 Å². The quantitative estimate of drug-likeness (QED) is 0.366. The summed E-state index contributed by atoms with van der Waals surface area (Å²) in [5.74, 6) is 0.804. The van der Waals surface area contributed by atoms with Gasteiger partial charge in [-0.15, -0.1) is 0 Å². The predicted octanol–water partition coefficient (Wildman–Crippen LogP) is 6.54. The molecule has 1 unspecified atom stereocenters. The number of carboxylic acids is 1. The summed E-state index contributed by atoms with van der Waals surface area (Å²) in [7, 11) is 0. The first kappa shape index (κ1) is 24.4. The third kappa shape index (κ3) is 5.68. The van der Waals surface area contributed by atoms with Gasteiger partial charge < -0.3 is 19.0 Å². The molecular weight excluding hydrogens is 430 g/mol. The molecule has 0 bridgehead atoms. The maximum absolute atomic E-state index is 11.6. The third-order valence-electron chi connectivity index (χ3n) is 6.90. The number of carboxylic acid groups (broad SMARTS) is 1. The van der Waals surface area contributed by atoms with Gasteiger partial charge in [0.1, 0.15) is 11.5 Å². The van der Waals surface area contributed by atoms with Crippen molar-refractivity contribution in [3.05, 3.63) is 53.9 Å². The summed E-state index contributed by atoms with van der Waals surface area (Å²) in [6.45, 7) is 6.44. The van der Waals surface area contributed by atoms with Gasteiger partial charge in [0.2, 0.25) is 5.89 Å². The Labute approximate surface area is 201 Å². The molecule has 34 heavy (non-hydrogen) atoms. The first-order chi connectivity index (χ1) is 16.4. The molecule has 3 atom stereocenters. The first-order valence-corrected chi connectivity index (χ1v) is 12.3. The van der Waals surface area contributed by atoms with Gasteiger partial charge >= 0.3 is 5.97 Å². The summed E-state index contributed by atoms with van der Waals surface area (Å²) in [6, 6.07) is 14.5. The van der Waals surface area contributed by atoms with Gasteiger partial charge in [-0.3, -0.25) is 0 Å². The number of carbonyl (C=O) groups is 1. The maximum atomic E-state index is 11.6. The number of oxazole rings is 1. The van der Waals surface area contributed by atoms with E-state index in [9.17, 15) is 9.90 Å². The van der Waals surface area contributed by atoms with Crippen LogP contribution in [0, 0.1) is 12.8 Å². The third-order valence-corrected chi connectivity index (χ3v) is 6.90. The topological polar surface area (TPSA) is 81.8 Å². The van der Waals surface area contributed by atoms with Crippen LogP contribution in [0.2, 0.25) is 0 Å². The molecule has 1 aliphatic carbocycles. The van der Waals surface area contributed by atoms with Crippen LogP contribution < -0.4 is 0 Å². The Morgan fingerprint density at radius 3 is 2.76 bits per heavy atom. The molecule has 4 rings (SSSR count). The number of ether oxygens (including phenoxy) is 2. The second-order valence-electron chi connectivity index (χ2n) is 9.65. The minimum absolute atomic E-state index is 0.116. The van der Waals surface area contributed by atoms with Crippen LogP contribution in [0.25, 0.3) is 22.2 Å². The summed E-state index contributed by atoms with van der Waals surface area (Å²) < 4.78 is 18.1. The van der Waals surface area contributed by atoms with Crippen molar-refractivity contribution >= 4 is 16.7 Å². The highest BCUT2D eigenvalue weighted by molar-refractivity contribution is 5.86. The molecule has 1 N–H and O–H groups in total. The molecule has 6 nitrogen and oxygen atoms in total. The number of nitrogens with zero attached hydrogens (tertiary/aromatic N) is 1. The first-order valence-electron chi connectivity index (χ1n) is 12.3. The highest BCUT2D eigenvalue weighted by atomic mass is 16.5. The van der Waals surface area contributed by atoms with Gasteiger partial charge in [-0.05, 0) is 68.4 Å². The maximum Gasteiger partial charge on any atom is 0.335 e. The lowest BCUT2D eigenvalue weighted by molar-refractivity contribution is -0.167. The molecule has 0 spiro atoms. The standard InChI is InChI=1S/C28H35NO5/c1-4-14-28(3,27(30)31)33-17-20-8-7-11-24(15-20)32-18-25-19(2)34-26(29-25)23-13-12-21-9-5-6-10-22(21)16-23/h5-6,9-10,12-13,16,20,24H,4,7-8,11,14-15,17-18H2,1-3H3,(H,30,31)/t20-,24+,28?/m1/s1. The summed E-state index contributed by atoms with van der Waals surface area (Å²) in [6.07, 6.45) is 5.36. The number of hydrogen-bond acceptors (Lipinski definition) is 5. The van der Waals surface area contributed by atoms with Gasteiger partial charge in [-0.25, -0.2) is 9.78 Å². The molecule has 0 radical (unpaired) electrons. The minimum atomic E-state index is -1.11. The lowest BCUT2D eigenvalue weighted by Gasteiger charge is -2.32. The van der Waals surface area contributed by atoms with Crippen LogP contribution in [-0.2, 0) is 20.9 Å². The summed E-state index contributed by atoms with van der Waals surface area (Å²) in [5, 5.41) is 11.9. The van der Waals surface area contributed by atoms with Gasteiger partial charge in [-0.1, -0.05) is 50.1 Å². The fourth-order valence-corrected chi connectivity index (χ4v) is 4.77. The molecule has 6 heteroatoms. The summed E-state index contributed by atoms with van der Waals surface area (Å²) in [5.41, 5.74) is 0.666. The number of hydrogen-bond donors (Lipinski definition) is 1. The number of aliphatic carboxylic acids is 1. The number of benzene rings is 2. The number of aromatic nitrogens is 1. The molecule has 1 aromatic heterocycles. The predicted molar refractivity (Wildman–Crippen MR) is 132 cm³/mol. The van der Waals surface area contributed by atoms with E-state index in [0.717, 1.165) is 54.5 Å². The molecule has 0 saturated heterocycles. The van der Waals surface area contributed by atoms with Gasteiger partial charge in [0, 0.05) is 5.56 Å². The van der Waals surface area contributed by atoms with Crippen LogP contribution >= 0.6 is 0 Å². The second-order valence-corrected chi connectivity index (χ2v) is 9.65. The zero-order valence-electron chi connectivity index (χ0n) is 20.4. The van der Waals surface area contributed by atoms with Crippen molar-refractivity contribution < 1.29 is 23.8 Å². The molecule has 0 amide bonds. The minimum Gasteiger partial charge on any atom is -0.479 e. The Morgan fingerprint density at radius 2 is 2.00 bits per heavy atom. The molecule has 3 aromatic rings. The second kappa shape index (κ2) is 10.7. The van der Waals surface area contributed by atoms with E-state index in [-0.39, 0.29) is 6.10 Å². The van der Waals surface area contributed by atoms with Crippen molar-refractivity contribution in [2.24, 2.45) is 5.92 Å². The monoisotopic (exact) mass is 465 g/mol. The van der Waals surface area contributed by atoms with Gasteiger partial charge in [-0.2, -0.15) is 0 Å². The number of rotatable bonds is 10. The van der Waals surface area contributed by atoms with Crippen LogP contribution in [0.3, 0.4) is 0 Å². The van der Waals surface area contributed by atoms with Crippen LogP contribution in [0.15, 0.2) is 46.9 Å². The van der Waals surface area contributed by atoms with Crippen molar-refractivity contribution in [2.45, 2.75) is 77.6 Å². The van der Waals surface area contributed by atoms with Crippen LogP contribution in [0.1, 0.15) is 63.8 Å². The van der Waals surface area contributed by atoms with Crippen molar-refractivity contribution in [3.8, 4) is 11.5 Å². The molecular formula is C28H35NO5. The largest absolute Gasteiger partial charge is 0.479 e. The van der Waals surface area contributed by atoms with Gasteiger partial charge in [0.05, 0.1) is 19.3 Å². The SMILES string of the molecule is CCCC(C)(OC[C@@H]1CCC[C@H](OCc2nc(-c3ccc4ccccc4c3)oc2C)C1)C(=O)O. The summed E-state index contributed by atoms with van der Waals surface area (Å²) >= 11 is 0. The van der Waals surface area contributed by atoms with Crippen LogP contribution in [0.5, 0.6) is 0 Å². The Bertz CT molecular complexity index is 1120. The molecule has 182 valence electrons. The number of fused-ring (bicyclic) bond motifs is 1. The fraction of sp³-hybridized carbons (Fsp3) is 0.500. The van der Waals surface area contributed by atoms with E-state index in [1.807, 2.05) is 32.0 Å². The highest BCUT2D eigenvalue weighted by Gasteiger charge is 2.35. The lowest BCUT2D eigenvalue weighted by atomic mass is 9.87. The average Bonchev–Trinajstić information content (AvgIpc) is 3.22. The molecule has 0 aliphatic heterocycles. The number of aryl methyl sites for hydroxylation is 1. The van der Waals surface area contributed by atoms with E-state index >= 15 is 0 Å². The lowest BCUT2D eigenvalue weighted by Crippen LogP contribution is -2.40. The Hall–Kier alpha value is -2.70. The Morgan fingerprint density at radius 1 is 1.21 bits per heavy atom. The van der Waals surface area contributed by atoms with Crippen LogP contribution in [-0.4, -0.2) is 34.4 Å². The molecule has 2 aromatic carbocycles. The van der Waals surface area contributed by atoms with E-state index in [1.165, 1.54) is 5.39 Å². The van der Waals surface area contributed by atoms with E-state index in [0.29, 0.717) is 31.4 Å². The molecule has 1 heterocycles. The van der Waals surface area contributed by atoms with Gasteiger partial charge in [0.15, 0.2) is 5.60 Å². The van der Waals surface area contributed by atoms with E-state index in [2.05, 4.69) is 24.3 Å². The molecule has 1 fully saturated rings. The van der Waals surface area contributed by atoms with Crippen molar-refractivity contribution in [3.63, 3.8) is 0 Å². The van der Waals surface area contributed by atoms with Gasteiger partial charge in [0.25, 0.3) is 0 Å². The summed E-state index contributed by atoms with van der Waals surface area (Å²) in [4.78, 5) is 16.4. The van der Waals surface area contributed by atoms with Crippen LogP contribution in [0.4, 0.5) is 0 Å². The van der Waals surface area contributed by atoms with Crippen molar-refractivity contribution in [1.29, 1.82) is 0 Å². The molecule has 1 aliphatic rings. The highest BCUT2D eigenvalue weighted by Crippen LogP contribution is 2.31. The zero-order valence-corrected chi connectivity index (χ0v) is 20.4. The smallest absolute Gasteiger partial charge is 0.335 e. The normalized spacial score (nSPS) is 20.3. The Kier molecular flexibility index (Phi) is 7.69. The van der Waals surface area contributed by atoms with Crippen molar-refractivity contribution in [2.75, 3.05) is 6.61 Å². The van der Waals surface area contributed by atoms with E-state index in [4.69, 9.17) is 18.9 Å².